The lowest BCUT2D eigenvalue weighted by Crippen LogP contribution is -2.51. The molecule has 3 aromatic carbocycles. The van der Waals surface area contributed by atoms with Crippen LogP contribution in [-0.2, 0) is 32.2 Å². The van der Waals surface area contributed by atoms with Crippen molar-refractivity contribution in [1.29, 1.82) is 0 Å². The van der Waals surface area contributed by atoms with E-state index in [1.807, 2.05) is 42.5 Å². The van der Waals surface area contributed by atoms with E-state index >= 15 is 0 Å². The molecule has 0 amide bonds. The number of hydrogen-bond donors (Lipinski definition) is 0. The molecule has 1 saturated heterocycles. The summed E-state index contributed by atoms with van der Waals surface area (Å²) in [5.41, 5.74) is 2.29. The van der Waals surface area contributed by atoms with Crippen molar-refractivity contribution in [2.24, 2.45) is 5.92 Å². The van der Waals surface area contributed by atoms with Crippen LogP contribution in [-0.4, -0.2) is 31.7 Å². The van der Waals surface area contributed by atoms with Crippen LogP contribution in [0.4, 0.5) is 0 Å². The lowest BCUT2D eigenvalue weighted by atomic mass is 9.90. The van der Waals surface area contributed by atoms with E-state index in [4.69, 9.17) is 18.9 Å². The minimum atomic E-state index is -0.265. The monoisotopic (exact) mass is 518 g/mol. The quantitative estimate of drug-likeness (QED) is 0.217. The van der Waals surface area contributed by atoms with E-state index in [0.29, 0.717) is 13.2 Å². The van der Waals surface area contributed by atoms with E-state index in [1.54, 1.807) is 18.9 Å². The molecule has 1 aliphatic heterocycles. The smallest absolute Gasteiger partial charge is 0.157 e. The van der Waals surface area contributed by atoms with Gasteiger partial charge in [0.15, 0.2) is 6.29 Å². The molecule has 3 aromatic rings. The number of allylic oxidation sites excluding steroid dienone is 1. The molecule has 0 aromatic heterocycles. The first-order valence-corrected chi connectivity index (χ1v) is 13.8. The van der Waals surface area contributed by atoms with Crippen LogP contribution in [0.3, 0.4) is 0 Å². The van der Waals surface area contributed by atoms with E-state index in [0.717, 1.165) is 35.3 Å². The van der Waals surface area contributed by atoms with Gasteiger partial charge in [0.2, 0.25) is 0 Å². The molecule has 0 unspecified atom stereocenters. The van der Waals surface area contributed by atoms with E-state index < -0.39 is 0 Å². The molecule has 0 aliphatic carbocycles. The van der Waals surface area contributed by atoms with Crippen LogP contribution in [0.2, 0.25) is 0 Å². The second kappa shape index (κ2) is 14.5. The first-order valence-electron chi connectivity index (χ1n) is 13.0. The van der Waals surface area contributed by atoms with Gasteiger partial charge in [-0.15, -0.1) is 0 Å². The van der Waals surface area contributed by atoms with Gasteiger partial charge in [-0.2, -0.15) is 0 Å². The predicted octanol–water partition coefficient (Wildman–Crippen LogP) is 7.64. The molecule has 1 fully saturated rings. The number of hydrogen-bond acceptors (Lipinski definition) is 5. The van der Waals surface area contributed by atoms with Gasteiger partial charge in [-0.05, 0) is 46.9 Å². The van der Waals surface area contributed by atoms with Crippen LogP contribution in [0, 0.1) is 5.92 Å². The molecule has 37 heavy (non-hydrogen) atoms. The maximum absolute atomic E-state index is 6.64. The second-order valence-electron chi connectivity index (χ2n) is 9.57. The van der Waals surface area contributed by atoms with Crippen LogP contribution >= 0.6 is 11.8 Å². The Bertz CT molecular complexity index is 1060. The summed E-state index contributed by atoms with van der Waals surface area (Å²) in [5.74, 6) is 0.163. The minimum Gasteiger partial charge on any atom is -0.371 e. The summed E-state index contributed by atoms with van der Waals surface area (Å²) in [5, 5.41) is 0. The summed E-state index contributed by atoms with van der Waals surface area (Å²) in [6, 6.07) is 30.9. The highest BCUT2D eigenvalue weighted by atomic mass is 32.2. The SMILES string of the molecule is C=C(C[C@H](C)[C@H](OCc1ccccc1)[C@H]1O[C@H](OC)CC[C@@H]1OCc1ccccc1)Sc1ccccc1. The summed E-state index contributed by atoms with van der Waals surface area (Å²) >= 11 is 1.72. The first-order chi connectivity index (χ1) is 18.1. The summed E-state index contributed by atoms with van der Waals surface area (Å²) in [6.07, 6.45) is 1.66. The third-order valence-electron chi connectivity index (χ3n) is 6.66. The van der Waals surface area contributed by atoms with Gasteiger partial charge in [-0.1, -0.05) is 104 Å². The van der Waals surface area contributed by atoms with Gasteiger partial charge in [0.1, 0.15) is 6.10 Å². The largest absolute Gasteiger partial charge is 0.371 e. The summed E-state index contributed by atoms with van der Waals surface area (Å²) in [4.78, 5) is 2.30. The van der Waals surface area contributed by atoms with Crippen LogP contribution in [0.5, 0.6) is 0 Å². The molecular formula is C32H38O4S. The molecule has 4 nitrogen and oxygen atoms in total. The molecule has 5 heteroatoms. The molecule has 1 aliphatic rings. The molecule has 5 atom stereocenters. The fraction of sp³-hybridized carbons (Fsp3) is 0.375. The van der Waals surface area contributed by atoms with Crippen molar-refractivity contribution < 1.29 is 18.9 Å². The molecule has 196 valence electrons. The fourth-order valence-electron chi connectivity index (χ4n) is 4.74. The Labute approximate surface area is 226 Å². The Morgan fingerprint density at radius 1 is 0.892 bits per heavy atom. The summed E-state index contributed by atoms with van der Waals surface area (Å²) < 4.78 is 25.2. The van der Waals surface area contributed by atoms with Gasteiger partial charge in [0.25, 0.3) is 0 Å². The van der Waals surface area contributed by atoms with E-state index in [-0.39, 0.29) is 30.5 Å². The van der Waals surface area contributed by atoms with E-state index in [2.05, 4.69) is 62.0 Å². The fourth-order valence-corrected chi connectivity index (χ4v) is 5.71. The van der Waals surface area contributed by atoms with Crippen LogP contribution in [0.1, 0.15) is 37.3 Å². The molecule has 0 bridgehead atoms. The van der Waals surface area contributed by atoms with Gasteiger partial charge in [-0.25, -0.2) is 0 Å². The maximum Gasteiger partial charge on any atom is 0.157 e. The predicted molar refractivity (Wildman–Crippen MR) is 150 cm³/mol. The van der Waals surface area contributed by atoms with Gasteiger partial charge in [-0.3, -0.25) is 0 Å². The standard InChI is InChI=1S/C32H38O4S/c1-24(21-25(2)37-28-17-11-6-12-18-28)31(35-23-27-15-9-5-10-16-27)32-29(19-20-30(33-3)36-32)34-22-26-13-7-4-8-14-26/h4-18,24,29-32H,2,19-23H2,1,3H3/t24-,29-,30-,31-,32-/m0/s1. The summed E-state index contributed by atoms with van der Waals surface area (Å²) in [6.45, 7) is 7.65. The zero-order valence-electron chi connectivity index (χ0n) is 21.8. The number of methoxy groups -OCH3 is 1. The number of rotatable bonds is 13. The van der Waals surface area contributed by atoms with Crippen molar-refractivity contribution in [3.8, 4) is 0 Å². The highest BCUT2D eigenvalue weighted by Gasteiger charge is 2.40. The first kappa shape index (κ1) is 27.6. The zero-order valence-corrected chi connectivity index (χ0v) is 22.6. The number of thioether (sulfide) groups is 1. The van der Waals surface area contributed by atoms with Crippen molar-refractivity contribution >= 4 is 11.8 Å². The third kappa shape index (κ3) is 8.56. The minimum absolute atomic E-state index is 0.0927. The number of ether oxygens (including phenoxy) is 4. The Morgan fingerprint density at radius 2 is 1.49 bits per heavy atom. The van der Waals surface area contributed by atoms with Gasteiger partial charge in [0, 0.05) is 18.4 Å². The van der Waals surface area contributed by atoms with Crippen LogP contribution in [0.25, 0.3) is 0 Å². The maximum atomic E-state index is 6.64. The third-order valence-corrected chi connectivity index (χ3v) is 7.62. The highest BCUT2D eigenvalue weighted by molar-refractivity contribution is 8.03. The summed E-state index contributed by atoms with van der Waals surface area (Å²) in [7, 11) is 1.70. The molecule has 0 saturated carbocycles. The van der Waals surface area contributed by atoms with Crippen molar-refractivity contribution in [2.45, 2.75) is 68.9 Å². The van der Waals surface area contributed by atoms with Gasteiger partial charge < -0.3 is 18.9 Å². The van der Waals surface area contributed by atoms with Crippen molar-refractivity contribution in [1.82, 2.24) is 0 Å². The topological polar surface area (TPSA) is 36.9 Å². The van der Waals surface area contributed by atoms with Crippen LogP contribution < -0.4 is 0 Å². The Morgan fingerprint density at radius 3 is 2.11 bits per heavy atom. The Kier molecular flexibility index (Phi) is 10.8. The Balaban J connectivity index is 1.50. The van der Waals surface area contributed by atoms with Gasteiger partial charge in [0.05, 0.1) is 25.4 Å². The molecule has 1 heterocycles. The molecule has 4 rings (SSSR count). The molecular weight excluding hydrogens is 480 g/mol. The average Bonchev–Trinajstić information content (AvgIpc) is 2.94. The lowest BCUT2D eigenvalue weighted by molar-refractivity contribution is -0.257. The van der Waals surface area contributed by atoms with E-state index in [1.165, 1.54) is 4.90 Å². The van der Waals surface area contributed by atoms with Gasteiger partial charge >= 0.3 is 0 Å². The lowest BCUT2D eigenvalue weighted by Gasteiger charge is -2.41. The number of benzene rings is 3. The Hall–Kier alpha value is -2.41. The average molecular weight is 519 g/mol. The molecule has 0 N–H and O–H groups in total. The van der Waals surface area contributed by atoms with Crippen molar-refractivity contribution in [3.63, 3.8) is 0 Å². The van der Waals surface area contributed by atoms with Crippen molar-refractivity contribution in [3.05, 3.63) is 114 Å². The van der Waals surface area contributed by atoms with E-state index in [9.17, 15) is 0 Å². The second-order valence-corrected chi connectivity index (χ2v) is 10.8. The van der Waals surface area contributed by atoms with Crippen LogP contribution in [0.15, 0.2) is 107 Å². The van der Waals surface area contributed by atoms with Crippen molar-refractivity contribution in [2.75, 3.05) is 7.11 Å². The molecule has 0 radical (unpaired) electrons. The highest BCUT2D eigenvalue weighted by Crippen LogP contribution is 2.35. The normalized spacial score (nSPS) is 21.3. The molecule has 0 spiro atoms. The zero-order chi connectivity index (χ0) is 25.9.